The number of carbonyl (C=O) groups excluding carboxylic acids is 2. The van der Waals surface area contributed by atoms with Gasteiger partial charge in [0, 0.05) is 28.1 Å². The van der Waals surface area contributed by atoms with Gasteiger partial charge in [0.05, 0.1) is 19.3 Å². The summed E-state index contributed by atoms with van der Waals surface area (Å²) in [7, 11) is 2.56. The van der Waals surface area contributed by atoms with E-state index in [1.807, 2.05) is 0 Å². The molecule has 3 saturated heterocycles. The molecule has 0 saturated carbocycles. The minimum Gasteiger partial charge on any atom is -0.394 e. The van der Waals surface area contributed by atoms with Crippen molar-refractivity contribution in [2.24, 2.45) is 0 Å². The van der Waals surface area contributed by atoms with Gasteiger partial charge in [0.25, 0.3) is 0 Å². The first-order chi connectivity index (χ1) is 19.4. The number of methoxy groups -OCH3 is 2. The van der Waals surface area contributed by atoms with Crippen LogP contribution in [0.4, 0.5) is 0 Å². The Labute approximate surface area is 236 Å². The van der Waals surface area contributed by atoms with E-state index in [4.69, 9.17) is 33.2 Å². The lowest BCUT2D eigenvalue weighted by Gasteiger charge is -2.50. The molecule has 17 heteroatoms. The van der Waals surface area contributed by atoms with E-state index in [2.05, 4.69) is 10.6 Å². The number of aliphatic hydroxyl groups excluding tert-OH is 6. The molecule has 8 N–H and O–H groups in total. The smallest absolute Gasteiger partial charge is 0.217 e. The summed E-state index contributed by atoms with van der Waals surface area (Å²) in [5.74, 6) is -1.11. The van der Waals surface area contributed by atoms with Gasteiger partial charge in [-0.25, -0.2) is 0 Å². The highest BCUT2D eigenvalue weighted by molar-refractivity contribution is 5.73. The zero-order valence-corrected chi connectivity index (χ0v) is 23.4. The SMILES string of the molecule is COC1C(O)[C@@H](O)C(C)O[C@H]1OC1C(NC(C)=O)[C@@H](OC)OC(CO)[C@H]1O[C@@H]1OC(CO)[C@@H](O)C(O)C1NC(C)=O. The second-order valence-corrected chi connectivity index (χ2v) is 10.2. The van der Waals surface area contributed by atoms with Crippen molar-refractivity contribution in [3.63, 3.8) is 0 Å². The molecule has 0 spiro atoms. The van der Waals surface area contributed by atoms with Gasteiger partial charge < -0.3 is 74.4 Å². The molecule has 3 aliphatic rings. The number of rotatable bonds is 10. The maximum atomic E-state index is 12.2. The lowest BCUT2D eigenvalue weighted by molar-refractivity contribution is -0.365. The lowest BCUT2D eigenvalue weighted by Crippen LogP contribution is -2.70. The largest absolute Gasteiger partial charge is 0.394 e. The fourth-order valence-electron chi connectivity index (χ4n) is 5.23. The predicted molar refractivity (Wildman–Crippen MR) is 133 cm³/mol. The molecule has 3 fully saturated rings. The molecule has 15 atom stereocenters. The first-order valence-corrected chi connectivity index (χ1v) is 13.2. The molecule has 3 aliphatic heterocycles. The Kier molecular flexibility index (Phi) is 12.2. The summed E-state index contributed by atoms with van der Waals surface area (Å²) in [6, 6.07) is -2.48. The van der Waals surface area contributed by atoms with Crippen molar-refractivity contribution in [1.82, 2.24) is 10.6 Å². The van der Waals surface area contributed by atoms with Crippen molar-refractivity contribution in [3.8, 4) is 0 Å². The van der Waals surface area contributed by atoms with Gasteiger partial charge in [-0.2, -0.15) is 0 Å². The quantitative estimate of drug-likeness (QED) is 0.117. The molecular formula is C24H42N2O15. The van der Waals surface area contributed by atoms with Crippen LogP contribution in [0, 0.1) is 0 Å². The second-order valence-electron chi connectivity index (χ2n) is 10.2. The standard InChI is InChI=1S/C24H42N2O15/c1-8-15(31)18(34)21(35-4)24(37-8)41-20-14(26-10(3)30)22(36-5)39-12(7-28)19(20)40-23-13(25-9(2)29)17(33)16(32)11(6-27)38-23/h8,11-24,27-28,31-34H,6-7H2,1-5H3,(H,25,29)(H,26,30)/t8?,11?,12?,13?,14?,15-,16+,17?,18?,19+,20?,21?,22-,23-,24-/m0/s1. The van der Waals surface area contributed by atoms with E-state index in [1.165, 1.54) is 35.0 Å². The Hall–Kier alpha value is -1.58. The fourth-order valence-corrected chi connectivity index (χ4v) is 5.23. The highest BCUT2D eigenvalue weighted by Gasteiger charge is 2.55. The van der Waals surface area contributed by atoms with Crippen LogP contribution in [0.25, 0.3) is 0 Å². The number of ether oxygens (including phenoxy) is 7. The van der Waals surface area contributed by atoms with Crippen LogP contribution in [0.5, 0.6) is 0 Å². The van der Waals surface area contributed by atoms with Crippen molar-refractivity contribution < 1.29 is 73.4 Å². The minimum atomic E-state index is -1.64. The number of carbonyl (C=O) groups is 2. The zero-order valence-electron chi connectivity index (χ0n) is 23.4. The number of hydrogen-bond acceptors (Lipinski definition) is 15. The van der Waals surface area contributed by atoms with E-state index in [-0.39, 0.29) is 0 Å². The normalized spacial score (nSPS) is 45.2. The monoisotopic (exact) mass is 598 g/mol. The first kappa shape index (κ1) is 33.9. The molecule has 9 unspecified atom stereocenters. The van der Waals surface area contributed by atoms with E-state index < -0.39 is 117 Å². The van der Waals surface area contributed by atoms with Crippen LogP contribution in [-0.4, -0.2) is 162 Å². The lowest BCUT2D eigenvalue weighted by atomic mass is 9.94. The first-order valence-electron chi connectivity index (χ1n) is 13.2. The summed E-state index contributed by atoms with van der Waals surface area (Å²) in [5, 5.41) is 67.0. The van der Waals surface area contributed by atoms with Crippen LogP contribution in [0.2, 0.25) is 0 Å². The maximum absolute atomic E-state index is 12.2. The Morgan fingerprint density at radius 1 is 0.659 bits per heavy atom. The summed E-state index contributed by atoms with van der Waals surface area (Å²) in [6.07, 6.45) is -17.3. The van der Waals surface area contributed by atoms with Crippen molar-refractivity contribution in [2.45, 2.75) is 113 Å². The predicted octanol–water partition coefficient (Wildman–Crippen LogP) is -4.95. The molecule has 0 aromatic carbocycles. The van der Waals surface area contributed by atoms with Crippen LogP contribution in [-0.2, 0) is 42.7 Å². The molecular weight excluding hydrogens is 556 g/mol. The third kappa shape index (κ3) is 7.50. The van der Waals surface area contributed by atoms with Gasteiger partial charge in [-0.3, -0.25) is 9.59 Å². The van der Waals surface area contributed by atoms with Gasteiger partial charge in [-0.1, -0.05) is 0 Å². The molecule has 0 aromatic rings. The number of aliphatic hydroxyl groups is 6. The molecule has 17 nitrogen and oxygen atoms in total. The van der Waals surface area contributed by atoms with Crippen LogP contribution in [0.1, 0.15) is 20.8 Å². The zero-order chi connectivity index (χ0) is 30.6. The topological polar surface area (TPSA) is 244 Å². The van der Waals surface area contributed by atoms with E-state index in [0.29, 0.717) is 0 Å². The number of amides is 2. The third-order valence-corrected chi connectivity index (χ3v) is 7.32. The van der Waals surface area contributed by atoms with Gasteiger partial charge >= 0.3 is 0 Å². The Morgan fingerprint density at radius 2 is 1.22 bits per heavy atom. The summed E-state index contributed by atoms with van der Waals surface area (Å²) >= 11 is 0. The summed E-state index contributed by atoms with van der Waals surface area (Å²) in [6.45, 7) is 2.53. The van der Waals surface area contributed by atoms with Gasteiger partial charge in [0.1, 0.15) is 67.0 Å². The van der Waals surface area contributed by atoms with Crippen LogP contribution in [0.3, 0.4) is 0 Å². The van der Waals surface area contributed by atoms with E-state index >= 15 is 0 Å². The third-order valence-electron chi connectivity index (χ3n) is 7.32. The average Bonchev–Trinajstić information content (AvgIpc) is 2.92. The van der Waals surface area contributed by atoms with Crippen molar-refractivity contribution >= 4 is 11.8 Å². The number of hydrogen-bond donors (Lipinski definition) is 8. The van der Waals surface area contributed by atoms with Crippen molar-refractivity contribution in [2.75, 3.05) is 27.4 Å². The second kappa shape index (κ2) is 14.7. The Balaban J connectivity index is 2.03. The van der Waals surface area contributed by atoms with E-state index in [9.17, 15) is 40.2 Å². The highest BCUT2D eigenvalue weighted by Crippen LogP contribution is 2.34. The average molecular weight is 599 g/mol. The van der Waals surface area contributed by atoms with Crippen LogP contribution in [0.15, 0.2) is 0 Å². The van der Waals surface area contributed by atoms with Crippen molar-refractivity contribution in [3.05, 3.63) is 0 Å². The Bertz CT molecular complexity index is 869. The summed E-state index contributed by atoms with van der Waals surface area (Å²) in [5.41, 5.74) is 0. The van der Waals surface area contributed by atoms with Crippen molar-refractivity contribution in [1.29, 1.82) is 0 Å². The molecule has 0 aromatic heterocycles. The van der Waals surface area contributed by atoms with Gasteiger partial charge in [0.15, 0.2) is 18.9 Å². The molecule has 2 amide bonds. The molecule has 0 aliphatic carbocycles. The van der Waals surface area contributed by atoms with E-state index in [1.54, 1.807) is 0 Å². The summed E-state index contributed by atoms with van der Waals surface area (Å²) < 4.78 is 40.5. The van der Waals surface area contributed by atoms with Crippen LogP contribution < -0.4 is 10.6 Å². The molecule has 3 rings (SSSR count). The maximum Gasteiger partial charge on any atom is 0.217 e. The van der Waals surface area contributed by atoms with Gasteiger partial charge in [-0.05, 0) is 6.92 Å². The Morgan fingerprint density at radius 3 is 1.76 bits per heavy atom. The highest BCUT2D eigenvalue weighted by atomic mass is 16.8. The minimum absolute atomic E-state index is 0.518. The molecule has 238 valence electrons. The molecule has 3 heterocycles. The van der Waals surface area contributed by atoms with Gasteiger partial charge in [0.2, 0.25) is 11.8 Å². The molecule has 0 radical (unpaired) electrons. The van der Waals surface area contributed by atoms with E-state index in [0.717, 1.165) is 0 Å². The number of nitrogens with one attached hydrogen (secondary N) is 2. The fraction of sp³-hybridized carbons (Fsp3) is 0.917. The summed E-state index contributed by atoms with van der Waals surface area (Å²) in [4.78, 5) is 24.1. The molecule has 41 heavy (non-hydrogen) atoms. The molecule has 0 bridgehead atoms. The van der Waals surface area contributed by atoms with Crippen LogP contribution >= 0.6 is 0 Å². The van der Waals surface area contributed by atoms with Gasteiger partial charge in [-0.15, -0.1) is 0 Å².